The zero-order chi connectivity index (χ0) is 50.0. The summed E-state index contributed by atoms with van der Waals surface area (Å²) >= 11 is 0. The molecule has 4 aromatic carbocycles. The molecule has 0 aliphatic rings. The van der Waals surface area contributed by atoms with Crippen LogP contribution in [0.25, 0.3) is 11.1 Å². The van der Waals surface area contributed by atoms with Gasteiger partial charge >= 0.3 is 0 Å². The molecule has 0 spiro atoms. The number of hydrogen-bond donors (Lipinski definition) is 4. The van der Waals surface area contributed by atoms with E-state index in [9.17, 15) is 30.8 Å². The number of phenols is 4. The smallest absolute Gasteiger partial charge is 0.180 e. The Morgan fingerprint density at radius 1 is 0.273 bits per heavy atom. The highest BCUT2D eigenvalue weighted by molar-refractivity contribution is 5.61. The maximum Gasteiger partial charge on any atom is 0.180 e. The van der Waals surface area contributed by atoms with Gasteiger partial charge in [0.2, 0.25) is 0 Å². The Hall–Kier alpha value is -6.02. The molecule has 0 saturated carbocycles. The average molecular weight is 901 g/mol. The van der Waals surface area contributed by atoms with Gasteiger partial charge in [-0.2, -0.15) is 9.46 Å². The van der Waals surface area contributed by atoms with Crippen LogP contribution >= 0.6 is 0 Å². The summed E-state index contributed by atoms with van der Waals surface area (Å²) in [4.78, 5) is 0. The quantitative estimate of drug-likeness (QED) is 0.0843. The number of pyridine rings is 2. The van der Waals surface area contributed by atoms with E-state index in [0.29, 0.717) is 70.3 Å². The van der Waals surface area contributed by atoms with Crippen molar-refractivity contribution in [1.29, 1.82) is 0 Å². The van der Waals surface area contributed by atoms with Crippen molar-refractivity contribution in [3.63, 3.8) is 0 Å². The molecular formula is C58H80N2O6. The molecule has 66 heavy (non-hydrogen) atoms. The second-order valence-corrected chi connectivity index (χ2v) is 19.3. The minimum atomic E-state index is 0.388. The van der Waals surface area contributed by atoms with Crippen LogP contribution in [0.3, 0.4) is 0 Å². The highest BCUT2D eigenvalue weighted by Crippen LogP contribution is 2.36. The molecule has 2 heterocycles. The first-order valence-corrected chi connectivity index (χ1v) is 23.6. The topological polar surface area (TPSA) is 135 Å². The maximum atomic E-state index is 10.8. The Morgan fingerprint density at radius 3 is 0.530 bits per heavy atom. The fraction of sp³-hybridized carbons (Fsp3) is 0.414. The number of nitrogens with zero attached hydrogens (tertiary/aromatic N) is 2. The van der Waals surface area contributed by atoms with Crippen molar-refractivity contribution < 1.29 is 29.9 Å². The van der Waals surface area contributed by atoms with E-state index in [1.54, 1.807) is 24.3 Å². The monoisotopic (exact) mass is 901 g/mol. The molecule has 2 aromatic heterocycles. The lowest BCUT2D eigenvalue weighted by Gasteiger charge is -2.14. The summed E-state index contributed by atoms with van der Waals surface area (Å²) in [6.07, 6.45) is 5.70. The fourth-order valence-electron chi connectivity index (χ4n) is 7.26. The molecule has 0 atom stereocenters. The van der Waals surface area contributed by atoms with Gasteiger partial charge in [-0.3, -0.25) is 0 Å². The summed E-state index contributed by atoms with van der Waals surface area (Å²) in [6.45, 7) is 33.5. The molecule has 0 saturated heterocycles. The summed E-state index contributed by atoms with van der Waals surface area (Å²) in [5.41, 5.74) is 10.2. The molecule has 6 aromatic rings. The fourth-order valence-corrected chi connectivity index (χ4v) is 7.26. The molecule has 8 heteroatoms. The lowest BCUT2D eigenvalue weighted by molar-refractivity contribution is -0.605. The van der Waals surface area contributed by atoms with Crippen molar-refractivity contribution >= 4 is 0 Å². The van der Waals surface area contributed by atoms with Gasteiger partial charge in [-0.15, -0.1) is 0 Å². The van der Waals surface area contributed by atoms with Crippen LogP contribution < -0.4 is 9.46 Å². The summed E-state index contributed by atoms with van der Waals surface area (Å²) in [5, 5.41) is 61.3. The highest BCUT2D eigenvalue weighted by Gasteiger charge is 2.15. The van der Waals surface area contributed by atoms with Crippen molar-refractivity contribution in [2.45, 2.75) is 158 Å². The molecule has 0 unspecified atom stereocenters. The molecule has 8 nitrogen and oxygen atoms in total. The molecular weight excluding hydrogens is 821 g/mol. The van der Waals surface area contributed by atoms with Crippen molar-refractivity contribution in [3.8, 4) is 34.1 Å². The van der Waals surface area contributed by atoms with E-state index < -0.39 is 0 Å². The number of hydrogen-bond acceptors (Lipinski definition) is 6. The van der Waals surface area contributed by atoms with Crippen LogP contribution in [-0.2, 0) is 0 Å². The largest absolute Gasteiger partial charge is 0.619 e. The lowest BCUT2D eigenvalue weighted by atomic mass is 9.94. The molecule has 0 bridgehead atoms. The number of aromatic hydroxyl groups is 4. The van der Waals surface area contributed by atoms with Gasteiger partial charge in [-0.1, -0.05) is 184 Å². The molecule has 6 rings (SSSR count). The van der Waals surface area contributed by atoms with E-state index in [2.05, 4.69) is 111 Å². The first kappa shape index (κ1) is 56.1. The Morgan fingerprint density at radius 2 is 0.409 bits per heavy atom. The van der Waals surface area contributed by atoms with Crippen molar-refractivity contribution in [1.82, 2.24) is 0 Å². The van der Waals surface area contributed by atoms with Gasteiger partial charge in [0.25, 0.3) is 0 Å². The van der Waals surface area contributed by atoms with Gasteiger partial charge < -0.3 is 30.8 Å². The minimum Gasteiger partial charge on any atom is -0.619 e. The predicted octanol–water partition coefficient (Wildman–Crippen LogP) is 15.2. The van der Waals surface area contributed by atoms with E-state index in [1.807, 2.05) is 72.8 Å². The summed E-state index contributed by atoms with van der Waals surface area (Å²) in [6, 6.07) is 30.8. The van der Waals surface area contributed by atoms with Gasteiger partial charge in [0.1, 0.15) is 23.0 Å². The number of benzene rings is 4. The van der Waals surface area contributed by atoms with Crippen LogP contribution in [0.1, 0.15) is 203 Å². The van der Waals surface area contributed by atoms with Gasteiger partial charge in [0.05, 0.1) is 0 Å². The van der Waals surface area contributed by atoms with Crippen LogP contribution in [0.15, 0.2) is 122 Å². The number of rotatable bonds is 9. The Balaban J connectivity index is 0.000000284. The van der Waals surface area contributed by atoms with Crippen molar-refractivity contribution in [2.24, 2.45) is 0 Å². The molecule has 0 amide bonds. The van der Waals surface area contributed by atoms with Gasteiger partial charge in [-0.25, -0.2) is 0 Å². The predicted molar refractivity (Wildman–Crippen MR) is 275 cm³/mol. The average Bonchev–Trinajstić information content (AvgIpc) is 3.24. The molecule has 0 fully saturated rings. The first-order valence-electron chi connectivity index (χ1n) is 23.6. The normalized spacial score (nSPS) is 11.0. The van der Waals surface area contributed by atoms with Crippen LogP contribution in [0, 0.1) is 10.4 Å². The standard InChI is InChI=1S/4C12H18O.C10H8N2O2/c4*1-8(2)10-6-5-7-11(9(3)4)12(10)13;13-11-5-1-9(2-6-11)10-3-7-12(14)8-4-10/h4*5-9,13H,1-4H3;1-8H. The summed E-state index contributed by atoms with van der Waals surface area (Å²) in [7, 11) is 0. The number of para-hydroxylation sites is 4. The molecule has 4 N–H and O–H groups in total. The zero-order valence-corrected chi connectivity index (χ0v) is 42.7. The van der Waals surface area contributed by atoms with E-state index >= 15 is 0 Å². The van der Waals surface area contributed by atoms with E-state index in [-0.39, 0.29) is 0 Å². The number of phenolic OH excluding ortho intramolecular Hbond substituents is 4. The highest BCUT2D eigenvalue weighted by atomic mass is 16.5. The van der Waals surface area contributed by atoms with Gasteiger partial charge in [-0.05, 0) is 103 Å². The second-order valence-electron chi connectivity index (χ2n) is 19.3. The molecule has 0 aliphatic carbocycles. The van der Waals surface area contributed by atoms with E-state index in [1.165, 1.54) is 24.8 Å². The van der Waals surface area contributed by atoms with E-state index in [4.69, 9.17) is 0 Å². The van der Waals surface area contributed by atoms with Crippen molar-refractivity contribution in [2.75, 3.05) is 0 Å². The minimum absolute atomic E-state index is 0.388. The third kappa shape index (κ3) is 16.8. The van der Waals surface area contributed by atoms with Crippen LogP contribution in [0.5, 0.6) is 23.0 Å². The molecule has 0 radical (unpaired) electrons. The van der Waals surface area contributed by atoms with Gasteiger partial charge in [0.15, 0.2) is 24.8 Å². The third-order valence-corrected chi connectivity index (χ3v) is 11.3. The van der Waals surface area contributed by atoms with E-state index in [0.717, 1.165) is 65.1 Å². The van der Waals surface area contributed by atoms with Gasteiger partial charge in [0, 0.05) is 24.3 Å². The summed E-state index contributed by atoms with van der Waals surface area (Å²) < 4.78 is 1.44. The second kappa shape index (κ2) is 26.8. The third-order valence-electron chi connectivity index (χ3n) is 11.3. The zero-order valence-electron chi connectivity index (χ0n) is 42.7. The molecule has 358 valence electrons. The first-order chi connectivity index (χ1) is 30.9. The maximum absolute atomic E-state index is 10.8. The SMILES string of the molecule is CC(C)c1cccc(C(C)C)c1O.CC(C)c1cccc(C(C)C)c1O.CC(C)c1cccc(C(C)C)c1O.CC(C)c1cccc(C(C)C)c1O.[O-][n+]1ccc(-c2cc[n+]([O-])cc2)cc1. The number of aromatic nitrogens is 2. The van der Waals surface area contributed by atoms with Crippen LogP contribution in [-0.4, -0.2) is 20.4 Å². The Kier molecular flexibility index (Phi) is 22.8. The van der Waals surface area contributed by atoms with Crippen LogP contribution in [0.4, 0.5) is 0 Å². The lowest BCUT2D eigenvalue weighted by Crippen LogP contribution is -2.24. The summed E-state index contributed by atoms with van der Waals surface area (Å²) in [5.74, 6) is 5.02. The molecule has 0 aliphatic heterocycles. The van der Waals surface area contributed by atoms with Crippen molar-refractivity contribution in [3.05, 3.63) is 177 Å². The Bertz CT molecular complexity index is 1950. The Labute approximate surface area is 397 Å². The van der Waals surface area contributed by atoms with Crippen LogP contribution in [0.2, 0.25) is 0 Å².